The molecule has 18 heavy (non-hydrogen) atoms. The zero-order chi connectivity index (χ0) is 13.4. The van der Waals surface area contributed by atoms with Crippen molar-refractivity contribution in [2.24, 2.45) is 5.92 Å². The second-order valence-electron chi connectivity index (χ2n) is 6.52. The number of rotatable bonds is 8. The lowest BCUT2D eigenvalue weighted by Gasteiger charge is -2.25. The van der Waals surface area contributed by atoms with Crippen LogP contribution in [0.1, 0.15) is 18.9 Å². The molecule has 1 unspecified atom stereocenters. The van der Waals surface area contributed by atoms with Crippen LogP contribution in [-0.4, -0.2) is 21.2 Å². The van der Waals surface area contributed by atoms with Gasteiger partial charge in [0.1, 0.15) is 0 Å². The molecule has 0 amide bonds. The van der Waals surface area contributed by atoms with Gasteiger partial charge in [-0.05, 0) is 37.4 Å². The Balaban J connectivity index is 2.54. The lowest BCUT2D eigenvalue weighted by atomic mass is 10.0. The molecule has 1 aromatic rings. The van der Waals surface area contributed by atoms with Gasteiger partial charge in [-0.2, -0.15) is 0 Å². The molecular weight excluding hydrogens is 234 g/mol. The van der Waals surface area contributed by atoms with E-state index in [0.29, 0.717) is 0 Å². The summed E-state index contributed by atoms with van der Waals surface area (Å²) in [5.41, 5.74) is 1.49. The Morgan fingerprint density at radius 2 is 1.78 bits per heavy atom. The summed E-state index contributed by atoms with van der Waals surface area (Å²) in [5.74, 6) is 0.797. The quantitative estimate of drug-likeness (QED) is 0.548. The molecule has 0 spiro atoms. The first-order valence-electron chi connectivity index (χ1n) is 7.26. The molecule has 0 radical (unpaired) electrons. The topological polar surface area (TPSA) is 12.0 Å². The minimum Gasteiger partial charge on any atom is -0.316 e. The van der Waals surface area contributed by atoms with Gasteiger partial charge in [0.15, 0.2) is 0 Å². The largest absolute Gasteiger partial charge is 0.316 e. The highest BCUT2D eigenvalue weighted by molar-refractivity contribution is 6.76. The molecule has 1 aromatic carbocycles. The van der Waals surface area contributed by atoms with Gasteiger partial charge in [-0.1, -0.05) is 62.9 Å². The van der Waals surface area contributed by atoms with Gasteiger partial charge in [0, 0.05) is 8.07 Å². The highest BCUT2D eigenvalue weighted by Crippen LogP contribution is 2.20. The number of nitrogens with one attached hydrogen (secondary N) is 1. The molecule has 0 fully saturated rings. The van der Waals surface area contributed by atoms with E-state index in [9.17, 15) is 0 Å². The fourth-order valence-corrected chi connectivity index (χ4v) is 4.53. The Morgan fingerprint density at radius 1 is 1.11 bits per heavy atom. The van der Waals surface area contributed by atoms with E-state index >= 15 is 0 Å². The minimum absolute atomic E-state index is 0.797. The SMILES string of the molecule is CCCNCC(Cc1ccccc1)C[Si](C)(C)C. The molecule has 1 N–H and O–H groups in total. The van der Waals surface area contributed by atoms with Gasteiger partial charge in [-0.15, -0.1) is 0 Å². The molecule has 0 bridgehead atoms. The molecule has 1 rings (SSSR count). The third kappa shape index (κ3) is 6.97. The molecule has 2 heteroatoms. The van der Waals surface area contributed by atoms with Crippen molar-refractivity contribution in [3.63, 3.8) is 0 Å². The highest BCUT2D eigenvalue weighted by Gasteiger charge is 2.20. The van der Waals surface area contributed by atoms with Gasteiger partial charge in [0.05, 0.1) is 0 Å². The summed E-state index contributed by atoms with van der Waals surface area (Å²) in [6.45, 7) is 12.0. The number of benzene rings is 1. The van der Waals surface area contributed by atoms with Gasteiger partial charge in [-0.3, -0.25) is 0 Å². The molecule has 0 aromatic heterocycles. The van der Waals surface area contributed by atoms with Crippen LogP contribution in [-0.2, 0) is 6.42 Å². The lowest BCUT2D eigenvalue weighted by Crippen LogP contribution is -2.32. The van der Waals surface area contributed by atoms with Crippen LogP contribution in [0.25, 0.3) is 0 Å². The maximum Gasteiger partial charge on any atom is 0.0446 e. The summed E-state index contributed by atoms with van der Waals surface area (Å²) >= 11 is 0. The smallest absolute Gasteiger partial charge is 0.0446 e. The molecule has 0 aliphatic carbocycles. The zero-order valence-corrected chi connectivity index (χ0v) is 13.5. The standard InChI is InChI=1S/C16H29NSi/c1-5-11-17-13-16(14-18(2,3)4)12-15-9-7-6-8-10-15/h6-10,16-17H,5,11-14H2,1-4H3. The van der Waals surface area contributed by atoms with Crippen molar-refractivity contribution in [1.29, 1.82) is 0 Å². The molecule has 102 valence electrons. The minimum atomic E-state index is -0.974. The Bertz CT molecular complexity index is 316. The molecular formula is C16H29NSi. The summed E-state index contributed by atoms with van der Waals surface area (Å²) in [6.07, 6.45) is 2.45. The van der Waals surface area contributed by atoms with Crippen LogP contribution < -0.4 is 5.32 Å². The molecule has 0 heterocycles. The maximum absolute atomic E-state index is 3.60. The molecule has 0 saturated carbocycles. The average molecular weight is 264 g/mol. The van der Waals surface area contributed by atoms with Crippen LogP contribution in [0.4, 0.5) is 0 Å². The number of hydrogen-bond donors (Lipinski definition) is 1. The van der Waals surface area contributed by atoms with Gasteiger partial charge < -0.3 is 5.32 Å². The van der Waals surface area contributed by atoms with Crippen molar-refractivity contribution in [1.82, 2.24) is 5.32 Å². The second kappa shape index (κ2) is 7.75. The summed E-state index contributed by atoms with van der Waals surface area (Å²) in [6, 6.07) is 12.3. The van der Waals surface area contributed by atoms with Gasteiger partial charge >= 0.3 is 0 Å². The van der Waals surface area contributed by atoms with E-state index in [4.69, 9.17) is 0 Å². The summed E-state index contributed by atoms with van der Waals surface area (Å²) < 4.78 is 0. The molecule has 0 aliphatic rings. The van der Waals surface area contributed by atoms with Crippen LogP contribution in [0.3, 0.4) is 0 Å². The third-order valence-electron chi connectivity index (χ3n) is 3.13. The van der Waals surface area contributed by atoms with Crippen molar-refractivity contribution in [2.45, 2.75) is 45.5 Å². The van der Waals surface area contributed by atoms with Crippen LogP contribution in [0.5, 0.6) is 0 Å². The third-order valence-corrected chi connectivity index (χ3v) is 4.93. The van der Waals surface area contributed by atoms with Crippen LogP contribution >= 0.6 is 0 Å². The Morgan fingerprint density at radius 3 is 2.33 bits per heavy atom. The van der Waals surface area contributed by atoms with Crippen LogP contribution in [0.2, 0.25) is 25.7 Å². The lowest BCUT2D eigenvalue weighted by molar-refractivity contribution is 0.505. The fourth-order valence-electron chi connectivity index (χ4n) is 2.51. The van der Waals surface area contributed by atoms with E-state index in [2.05, 4.69) is 62.2 Å². The predicted molar refractivity (Wildman–Crippen MR) is 84.9 cm³/mol. The first-order chi connectivity index (χ1) is 8.51. The van der Waals surface area contributed by atoms with Crippen molar-refractivity contribution >= 4 is 8.07 Å². The van der Waals surface area contributed by atoms with Crippen molar-refractivity contribution in [3.05, 3.63) is 35.9 Å². The summed E-state index contributed by atoms with van der Waals surface area (Å²) in [4.78, 5) is 0. The normalized spacial score (nSPS) is 13.6. The monoisotopic (exact) mass is 263 g/mol. The molecule has 1 atom stereocenters. The maximum atomic E-state index is 3.60. The Hall–Kier alpha value is -0.603. The van der Waals surface area contributed by atoms with Crippen molar-refractivity contribution in [3.8, 4) is 0 Å². The molecule has 1 nitrogen and oxygen atoms in total. The van der Waals surface area contributed by atoms with Crippen LogP contribution in [0.15, 0.2) is 30.3 Å². The summed E-state index contributed by atoms with van der Waals surface area (Å²) in [5, 5.41) is 3.60. The first kappa shape index (κ1) is 15.5. The summed E-state index contributed by atoms with van der Waals surface area (Å²) in [7, 11) is -0.974. The Labute approximate surface area is 114 Å². The average Bonchev–Trinajstić information content (AvgIpc) is 2.28. The van der Waals surface area contributed by atoms with E-state index in [1.165, 1.54) is 31.0 Å². The van der Waals surface area contributed by atoms with E-state index in [1.807, 2.05) is 0 Å². The van der Waals surface area contributed by atoms with Gasteiger partial charge in [-0.25, -0.2) is 0 Å². The molecule has 0 aliphatic heterocycles. The fraction of sp³-hybridized carbons (Fsp3) is 0.625. The first-order valence-corrected chi connectivity index (χ1v) is 11.0. The second-order valence-corrected chi connectivity index (χ2v) is 12.1. The van der Waals surface area contributed by atoms with Gasteiger partial charge in [0.2, 0.25) is 0 Å². The van der Waals surface area contributed by atoms with E-state index < -0.39 is 8.07 Å². The zero-order valence-electron chi connectivity index (χ0n) is 12.5. The number of hydrogen-bond acceptors (Lipinski definition) is 1. The van der Waals surface area contributed by atoms with E-state index in [1.54, 1.807) is 0 Å². The Kier molecular flexibility index (Phi) is 6.65. The predicted octanol–water partition coefficient (Wildman–Crippen LogP) is 4.18. The van der Waals surface area contributed by atoms with E-state index in [0.717, 1.165) is 12.5 Å². The molecule has 0 saturated heterocycles. The highest BCUT2D eigenvalue weighted by atomic mass is 28.3. The van der Waals surface area contributed by atoms with Crippen molar-refractivity contribution < 1.29 is 0 Å². The van der Waals surface area contributed by atoms with Gasteiger partial charge in [0.25, 0.3) is 0 Å². The van der Waals surface area contributed by atoms with Crippen molar-refractivity contribution in [2.75, 3.05) is 13.1 Å². The van der Waals surface area contributed by atoms with E-state index in [-0.39, 0.29) is 0 Å². The van der Waals surface area contributed by atoms with Crippen LogP contribution in [0, 0.1) is 5.92 Å².